The maximum Gasteiger partial charge on any atom is 0.331 e. The lowest BCUT2D eigenvalue weighted by Gasteiger charge is -2.36. The number of carbonyl (C=O) groups is 2. The number of hydrogen-bond acceptors (Lipinski definition) is 6. The molecule has 0 spiro atoms. The summed E-state index contributed by atoms with van der Waals surface area (Å²) < 4.78 is 11.3. The molecule has 260 valence electrons. The number of esters is 2. The van der Waals surface area contributed by atoms with Gasteiger partial charge in [-0.15, -0.1) is 0 Å². The quantitative estimate of drug-likeness (QED) is 0.0858. The van der Waals surface area contributed by atoms with E-state index in [1.807, 2.05) is 53.7 Å². The number of cyclic esters (lactones) is 2. The van der Waals surface area contributed by atoms with Crippen LogP contribution in [0.15, 0.2) is 41.4 Å². The summed E-state index contributed by atoms with van der Waals surface area (Å²) in [5.41, 5.74) is 3.79. The number of phenolic OH excluding ortho intramolecular Hbond substituents is 1. The first-order valence-electron chi connectivity index (χ1n) is 17.4. The van der Waals surface area contributed by atoms with Gasteiger partial charge in [-0.2, -0.15) is 0 Å². The van der Waals surface area contributed by atoms with Crippen LogP contribution in [-0.2, 0) is 42.9 Å². The molecule has 0 saturated carbocycles. The minimum atomic E-state index is -1.36. The number of carbonyl (C=O) groups excluding carboxylic acids is 2. The van der Waals surface area contributed by atoms with Crippen LogP contribution in [0.1, 0.15) is 137 Å². The molecule has 0 radical (unpaired) electrons. The number of aromatic hydroxyl groups is 1. The smallest absolute Gasteiger partial charge is 0.331 e. The van der Waals surface area contributed by atoms with Gasteiger partial charge in [0.15, 0.2) is 0 Å². The van der Waals surface area contributed by atoms with E-state index in [9.17, 15) is 14.7 Å². The fraction of sp³-hybridized carbons (Fsp3) is 0.625. The Hall–Kier alpha value is -3.35. The largest absolute Gasteiger partial charge is 0.507 e. The molecule has 3 rings (SSSR count). The third-order valence-electron chi connectivity index (χ3n) is 8.36. The van der Waals surface area contributed by atoms with Gasteiger partial charge in [-0.25, -0.2) is 4.99 Å². The van der Waals surface area contributed by atoms with Crippen molar-refractivity contribution in [1.29, 1.82) is 0 Å². The molecule has 1 fully saturated rings. The van der Waals surface area contributed by atoms with Gasteiger partial charge in [0, 0.05) is 38.1 Å². The first kappa shape index (κ1) is 38.1. The first-order chi connectivity index (χ1) is 21.6. The van der Waals surface area contributed by atoms with Crippen molar-refractivity contribution in [1.82, 2.24) is 4.90 Å². The monoisotopic (exact) mass is 648 g/mol. The second kappa shape index (κ2) is 14.8. The Kier molecular flexibility index (Phi) is 12.0. The summed E-state index contributed by atoms with van der Waals surface area (Å²) in [5, 5.41) is 11.4. The molecule has 2 aromatic carbocycles. The Balaban J connectivity index is 2.22. The first-order valence-corrected chi connectivity index (χ1v) is 17.4. The molecule has 1 N–H and O–H groups in total. The number of rotatable bonds is 11. The van der Waals surface area contributed by atoms with E-state index in [2.05, 4.69) is 56.9 Å². The molecular weight excluding hydrogens is 588 g/mol. The van der Waals surface area contributed by atoms with E-state index >= 15 is 0 Å². The van der Waals surface area contributed by atoms with Crippen molar-refractivity contribution in [3.8, 4) is 5.75 Å². The van der Waals surface area contributed by atoms with Crippen molar-refractivity contribution in [2.75, 3.05) is 6.54 Å². The zero-order chi connectivity index (χ0) is 35.4. The van der Waals surface area contributed by atoms with Crippen LogP contribution in [0.4, 0.5) is 5.69 Å². The van der Waals surface area contributed by atoms with Crippen LogP contribution in [0, 0.1) is 11.3 Å². The van der Waals surface area contributed by atoms with Gasteiger partial charge in [-0.3, -0.25) is 9.59 Å². The molecule has 1 aliphatic rings. The summed E-state index contributed by atoms with van der Waals surface area (Å²) in [5.74, 6) is -3.51. The molecule has 47 heavy (non-hydrogen) atoms. The molecule has 0 bridgehead atoms. The molecule has 7 heteroatoms. The Morgan fingerprint density at radius 3 is 1.77 bits per heavy atom. The molecule has 0 aromatic heterocycles. The second-order valence-corrected chi connectivity index (χ2v) is 16.9. The van der Waals surface area contributed by atoms with Crippen molar-refractivity contribution < 1.29 is 24.2 Å². The van der Waals surface area contributed by atoms with Gasteiger partial charge in [-0.05, 0) is 52.3 Å². The molecule has 2 aromatic rings. The second-order valence-electron chi connectivity index (χ2n) is 16.9. The highest BCUT2D eigenvalue weighted by atomic mass is 16.7. The Morgan fingerprint density at radius 2 is 1.30 bits per heavy atom. The molecule has 1 saturated heterocycles. The summed E-state index contributed by atoms with van der Waals surface area (Å²) in [6, 6.07) is 12.3. The fourth-order valence-electron chi connectivity index (χ4n) is 5.98. The van der Waals surface area contributed by atoms with E-state index in [4.69, 9.17) is 14.5 Å². The molecule has 0 unspecified atom stereocenters. The topological polar surface area (TPSA) is 88.4 Å². The zero-order valence-electron chi connectivity index (χ0n) is 31.2. The van der Waals surface area contributed by atoms with E-state index in [1.165, 1.54) is 5.56 Å². The van der Waals surface area contributed by atoms with E-state index in [1.54, 1.807) is 13.8 Å². The van der Waals surface area contributed by atoms with E-state index in [0.717, 1.165) is 55.2 Å². The van der Waals surface area contributed by atoms with Crippen LogP contribution in [0.25, 0.3) is 0 Å². The van der Waals surface area contributed by atoms with Crippen LogP contribution in [0.5, 0.6) is 5.75 Å². The SMILES string of the molecule is CCCCCCCN(Cc1ccc(CC(C)(C)C)cc1)C(=Nc1cc(C(C)(C)C)c(O)c(C(C)(C)C)c1)C1C(=O)OC(C)(C)OC1=O. The molecule has 0 amide bonds. The summed E-state index contributed by atoms with van der Waals surface area (Å²) in [4.78, 5) is 34.5. The lowest BCUT2D eigenvalue weighted by atomic mass is 9.79. The van der Waals surface area contributed by atoms with Crippen molar-refractivity contribution in [2.45, 2.75) is 145 Å². The third-order valence-corrected chi connectivity index (χ3v) is 8.36. The summed E-state index contributed by atoms with van der Waals surface area (Å²) >= 11 is 0. The minimum absolute atomic E-state index is 0.170. The lowest BCUT2D eigenvalue weighted by molar-refractivity contribution is -0.236. The van der Waals surface area contributed by atoms with Crippen LogP contribution in [0.2, 0.25) is 0 Å². The molecule has 0 atom stereocenters. The number of unbranched alkanes of at least 4 members (excludes halogenated alkanes) is 4. The molecule has 1 heterocycles. The van der Waals surface area contributed by atoms with Crippen LogP contribution < -0.4 is 0 Å². The summed E-state index contributed by atoms with van der Waals surface area (Å²) in [7, 11) is 0. The number of aliphatic imine (C=N–C) groups is 1. The molecule has 1 aliphatic heterocycles. The van der Waals surface area contributed by atoms with Gasteiger partial charge in [0.05, 0.1) is 5.69 Å². The zero-order valence-corrected chi connectivity index (χ0v) is 31.2. The van der Waals surface area contributed by atoms with Crippen LogP contribution in [0.3, 0.4) is 0 Å². The Bertz CT molecular complexity index is 1360. The predicted molar refractivity (Wildman–Crippen MR) is 191 cm³/mol. The van der Waals surface area contributed by atoms with Crippen molar-refractivity contribution in [2.24, 2.45) is 16.3 Å². The van der Waals surface area contributed by atoms with Gasteiger partial charge in [0.2, 0.25) is 5.92 Å². The van der Waals surface area contributed by atoms with Gasteiger partial charge in [0.1, 0.15) is 11.6 Å². The van der Waals surface area contributed by atoms with Crippen molar-refractivity contribution >= 4 is 23.5 Å². The highest BCUT2D eigenvalue weighted by Crippen LogP contribution is 2.42. The minimum Gasteiger partial charge on any atom is -0.507 e. The van der Waals surface area contributed by atoms with Crippen LogP contribution >= 0.6 is 0 Å². The van der Waals surface area contributed by atoms with E-state index in [-0.39, 0.29) is 22.0 Å². The number of hydrogen-bond donors (Lipinski definition) is 1. The highest BCUT2D eigenvalue weighted by Gasteiger charge is 2.47. The van der Waals surface area contributed by atoms with Crippen LogP contribution in [-0.4, -0.2) is 40.1 Å². The van der Waals surface area contributed by atoms with Gasteiger partial charge in [-0.1, -0.05) is 119 Å². The maximum atomic E-state index is 13.6. The number of nitrogens with zero attached hydrogens (tertiary/aromatic N) is 2. The third kappa shape index (κ3) is 10.8. The lowest BCUT2D eigenvalue weighted by Crippen LogP contribution is -2.52. The normalized spacial score (nSPS) is 16.2. The Morgan fingerprint density at radius 1 is 0.809 bits per heavy atom. The maximum absolute atomic E-state index is 13.6. The summed E-state index contributed by atoms with van der Waals surface area (Å²) in [6.45, 7) is 25.4. The van der Waals surface area contributed by atoms with Crippen molar-refractivity contribution in [3.63, 3.8) is 0 Å². The van der Waals surface area contributed by atoms with Gasteiger partial charge in [0.25, 0.3) is 5.79 Å². The number of benzene rings is 2. The average Bonchev–Trinajstić information content (AvgIpc) is 2.90. The van der Waals surface area contributed by atoms with Gasteiger partial charge >= 0.3 is 11.9 Å². The van der Waals surface area contributed by atoms with Crippen molar-refractivity contribution in [3.05, 3.63) is 58.7 Å². The van der Waals surface area contributed by atoms with Gasteiger partial charge < -0.3 is 19.5 Å². The molecule has 0 aliphatic carbocycles. The Labute approximate surface area is 284 Å². The average molecular weight is 649 g/mol. The standard InChI is InChI=1S/C40H60N2O5/c1-13-14-15-16-17-22-42(26-28-20-18-27(19-21-28)25-37(2,3)4)34(32-35(44)46-40(11,12)47-36(32)45)41-29-23-30(38(5,6)7)33(43)31(24-29)39(8,9)10/h18-21,23-24,32,43H,13-17,22,25-26H2,1-12H3. The van der Waals surface area contributed by atoms with E-state index in [0.29, 0.717) is 24.6 Å². The fourth-order valence-corrected chi connectivity index (χ4v) is 5.98. The van der Waals surface area contributed by atoms with E-state index < -0.39 is 23.6 Å². The number of phenols is 1. The molecular formula is C40H60N2O5. The summed E-state index contributed by atoms with van der Waals surface area (Å²) in [6.07, 6.45) is 6.27. The predicted octanol–water partition coefficient (Wildman–Crippen LogP) is 9.53. The highest BCUT2D eigenvalue weighted by molar-refractivity contribution is 6.17. The number of amidine groups is 1. The molecule has 7 nitrogen and oxygen atoms in total. The number of ether oxygens (including phenoxy) is 2.